The van der Waals surface area contributed by atoms with Crippen molar-refractivity contribution in [2.75, 3.05) is 0 Å². The third-order valence-corrected chi connectivity index (χ3v) is 3.20. The van der Waals surface area contributed by atoms with Crippen LogP contribution in [0.5, 0.6) is 0 Å². The average Bonchev–Trinajstić information content (AvgIpc) is 2.93. The summed E-state index contributed by atoms with van der Waals surface area (Å²) in [6, 6.07) is 6.46. The van der Waals surface area contributed by atoms with Crippen molar-refractivity contribution in [3.8, 4) is 11.1 Å². The maximum absolute atomic E-state index is 13.7. The third kappa shape index (κ3) is 2.74. The third-order valence-electron chi connectivity index (χ3n) is 3.20. The number of hydrogen-bond donors (Lipinski definition) is 1. The van der Waals surface area contributed by atoms with Crippen LogP contribution in [0, 0.1) is 5.82 Å². The zero-order valence-corrected chi connectivity index (χ0v) is 11.2. The molecule has 0 bridgehead atoms. The Balaban J connectivity index is 2.02. The lowest BCUT2D eigenvalue weighted by Crippen LogP contribution is -2.13. The lowest BCUT2D eigenvalue weighted by molar-refractivity contribution is -0.118. The number of nitrogens with zero attached hydrogens (tertiary/aromatic N) is 3. The fourth-order valence-corrected chi connectivity index (χ4v) is 2.23. The highest BCUT2D eigenvalue weighted by Crippen LogP contribution is 2.27. The Kier molecular flexibility index (Phi) is 3.35. The molecule has 0 aliphatic heterocycles. The second-order valence-corrected chi connectivity index (χ2v) is 4.74. The van der Waals surface area contributed by atoms with E-state index in [1.165, 1.54) is 12.1 Å². The van der Waals surface area contributed by atoms with Gasteiger partial charge in [-0.05, 0) is 18.2 Å². The summed E-state index contributed by atoms with van der Waals surface area (Å²) in [4.78, 5) is 15.1. The van der Waals surface area contributed by atoms with Gasteiger partial charge in [-0.1, -0.05) is 6.07 Å². The number of carbonyl (C=O) groups is 1. The molecule has 1 aromatic carbocycles. The largest absolute Gasteiger partial charge is 0.370 e. The van der Waals surface area contributed by atoms with Crippen LogP contribution in [-0.4, -0.2) is 20.7 Å². The quantitative estimate of drug-likeness (QED) is 0.797. The van der Waals surface area contributed by atoms with Gasteiger partial charge in [0.2, 0.25) is 5.91 Å². The molecule has 0 spiro atoms. The van der Waals surface area contributed by atoms with E-state index in [1.807, 2.05) is 6.07 Å². The maximum Gasteiger partial charge on any atom is 0.219 e. The predicted octanol–water partition coefficient (Wildman–Crippen LogP) is 2.11. The van der Waals surface area contributed by atoms with E-state index in [4.69, 9.17) is 5.73 Å². The van der Waals surface area contributed by atoms with Gasteiger partial charge in [-0.25, -0.2) is 4.39 Å². The minimum Gasteiger partial charge on any atom is -0.370 e. The molecule has 3 rings (SSSR count). The first-order valence-corrected chi connectivity index (χ1v) is 6.49. The lowest BCUT2D eigenvalue weighted by Gasteiger charge is -2.04. The van der Waals surface area contributed by atoms with Crippen LogP contribution in [0.4, 0.5) is 4.39 Å². The van der Waals surface area contributed by atoms with Gasteiger partial charge in [0.1, 0.15) is 5.82 Å². The van der Waals surface area contributed by atoms with Crippen LogP contribution in [0.3, 0.4) is 0 Å². The second-order valence-electron chi connectivity index (χ2n) is 4.74. The van der Waals surface area contributed by atoms with Crippen LogP contribution in [0.15, 0.2) is 42.9 Å². The van der Waals surface area contributed by atoms with E-state index in [9.17, 15) is 9.18 Å². The summed E-state index contributed by atoms with van der Waals surface area (Å²) in [5.74, 6) is -0.708. The summed E-state index contributed by atoms with van der Waals surface area (Å²) in [6.45, 7) is 0.399. The number of hydrogen-bond acceptors (Lipinski definition) is 3. The van der Waals surface area contributed by atoms with Crippen molar-refractivity contribution in [2.45, 2.75) is 13.0 Å². The standard InChI is InChI=1S/C15H13FN4O/c16-12-6-10-2-1-4-18-15(10)13(7-12)11-8-19-20(9-11)5-3-14(17)21/h1-2,4,6-9H,3,5H2,(H2,17,21). The van der Waals surface area contributed by atoms with Gasteiger partial charge in [-0.2, -0.15) is 5.10 Å². The highest BCUT2D eigenvalue weighted by atomic mass is 19.1. The number of fused-ring (bicyclic) bond motifs is 1. The molecule has 2 N–H and O–H groups in total. The van der Waals surface area contributed by atoms with Gasteiger partial charge in [0.05, 0.1) is 11.7 Å². The first kappa shape index (κ1) is 13.2. The summed E-state index contributed by atoms with van der Waals surface area (Å²) < 4.78 is 15.3. The zero-order valence-electron chi connectivity index (χ0n) is 11.2. The Morgan fingerprint density at radius 2 is 2.24 bits per heavy atom. The molecule has 0 saturated carbocycles. The first-order chi connectivity index (χ1) is 10.1. The molecule has 0 saturated heterocycles. The van der Waals surface area contributed by atoms with E-state index in [1.54, 1.807) is 29.3 Å². The molecule has 0 aliphatic rings. The highest BCUT2D eigenvalue weighted by molar-refractivity contribution is 5.93. The highest BCUT2D eigenvalue weighted by Gasteiger charge is 2.10. The molecule has 0 radical (unpaired) electrons. The summed E-state index contributed by atoms with van der Waals surface area (Å²) >= 11 is 0. The smallest absolute Gasteiger partial charge is 0.219 e. The van der Waals surface area contributed by atoms with Gasteiger partial charge < -0.3 is 5.73 Å². The van der Waals surface area contributed by atoms with Crippen molar-refractivity contribution < 1.29 is 9.18 Å². The normalized spacial score (nSPS) is 10.9. The summed E-state index contributed by atoms with van der Waals surface area (Å²) in [6.07, 6.45) is 5.26. The number of rotatable bonds is 4. The van der Waals surface area contributed by atoms with Gasteiger partial charge in [0.15, 0.2) is 0 Å². The minimum absolute atomic E-state index is 0.212. The molecule has 0 aliphatic carbocycles. The molecule has 106 valence electrons. The molecule has 5 nitrogen and oxygen atoms in total. The maximum atomic E-state index is 13.7. The number of carbonyl (C=O) groups excluding carboxylic acids is 1. The number of nitrogens with two attached hydrogens (primary N) is 1. The molecule has 2 heterocycles. The van der Waals surface area contributed by atoms with Crippen LogP contribution in [0.1, 0.15) is 6.42 Å². The number of amides is 1. The SMILES string of the molecule is NC(=O)CCn1cc(-c2cc(F)cc3cccnc23)cn1. The number of halogens is 1. The number of benzene rings is 1. The van der Waals surface area contributed by atoms with Crippen molar-refractivity contribution in [2.24, 2.45) is 5.73 Å². The van der Waals surface area contributed by atoms with Crippen LogP contribution in [0.25, 0.3) is 22.0 Å². The number of aryl methyl sites for hydroxylation is 1. The van der Waals surface area contributed by atoms with Crippen molar-refractivity contribution in [3.63, 3.8) is 0 Å². The average molecular weight is 284 g/mol. The van der Waals surface area contributed by atoms with Crippen molar-refractivity contribution in [1.29, 1.82) is 0 Å². The Hall–Kier alpha value is -2.76. The molecular weight excluding hydrogens is 271 g/mol. The van der Waals surface area contributed by atoms with Crippen molar-refractivity contribution >= 4 is 16.8 Å². The van der Waals surface area contributed by atoms with Gasteiger partial charge >= 0.3 is 0 Å². The Morgan fingerprint density at radius 1 is 1.38 bits per heavy atom. The molecule has 1 amide bonds. The Labute approximate surface area is 120 Å². The van der Waals surface area contributed by atoms with E-state index < -0.39 is 0 Å². The molecule has 2 aromatic heterocycles. The van der Waals surface area contributed by atoms with Crippen LogP contribution in [-0.2, 0) is 11.3 Å². The fraction of sp³-hybridized carbons (Fsp3) is 0.133. The van der Waals surface area contributed by atoms with Crippen LogP contribution >= 0.6 is 0 Å². The predicted molar refractivity (Wildman–Crippen MR) is 76.7 cm³/mol. The zero-order chi connectivity index (χ0) is 14.8. The first-order valence-electron chi connectivity index (χ1n) is 6.49. The van der Waals surface area contributed by atoms with Gasteiger partial charge in [0.25, 0.3) is 0 Å². The lowest BCUT2D eigenvalue weighted by atomic mass is 10.0. The van der Waals surface area contributed by atoms with E-state index in [2.05, 4.69) is 10.1 Å². The molecule has 0 unspecified atom stereocenters. The number of primary amides is 1. The molecule has 6 heteroatoms. The van der Waals surface area contributed by atoms with Crippen LogP contribution < -0.4 is 5.73 Å². The van der Waals surface area contributed by atoms with Crippen LogP contribution in [0.2, 0.25) is 0 Å². The molecule has 0 atom stereocenters. The monoisotopic (exact) mass is 284 g/mol. The second kappa shape index (κ2) is 5.32. The minimum atomic E-state index is -0.384. The summed E-state index contributed by atoms with van der Waals surface area (Å²) in [5.41, 5.74) is 7.26. The van der Waals surface area contributed by atoms with E-state index in [0.717, 1.165) is 10.9 Å². The Bertz CT molecular complexity index is 812. The number of pyridine rings is 1. The van der Waals surface area contributed by atoms with E-state index in [0.29, 0.717) is 17.6 Å². The van der Waals surface area contributed by atoms with Gasteiger partial charge in [-0.3, -0.25) is 14.5 Å². The fourth-order valence-electron chi connectivity index (χ4n) is 2.23. The molecule has 21 heavy (non-hydrogen) atoms. The topological polar surface area (TPSA) is 73.8 Å². The Morgan fingerprint density at radius 3 is 3.05 bits per heavy atom. The van der Waals surface area contributed by atoms with Gasteiger partial charge in [0, 0.05) is 41.9 Å². The molecular formula is C15H13FN4O. The molecule has 3 aromatic rings. The van der Waals surface area contributed by atoms with E-state index >= 15 is 0 Å². The summed E-state index contributed by atoms with van der Waals surface area (Å²) in [7, 11) is 0. The van der Waals surface area contributed by atoms with Gasteiger partial charge in [-0.15, -0.1) is 0 Å². The van der Waals surface area contributed by atoms with Crippen molar-refractivity contribution in [1.82, 2.24) is 14.8 Å². The summed E-state index contributed by atoms with van der Waals surface area (Å²) in [5, 5.41) is 4.89. The molecule has 0 fully saturated rings. The number of aromatic nitrogens is 3. The van der Waals surface area contributed by atoms with E-state index in [-0.39, 0.29) is 18.1 Å². The van der Waals surface area contributed by atoms with Crippen molar-refractivity contribution in [3.05, 3.63) is 48.7 Å².